The number of carbonyl (C=O) groups is 1. The van der Waals surface area contributed by atoms with Crippen molar-refractivity contribution in [3.63, 3.8) is 0 Å². The fourth-order valence-electron chi connectivity index (χ4n) is 4.41. The molecule has 1 aromatic heterocycles. The first kappa shape index (κ1) is 21.5. The van der Waals surface area contributed by atoms with Gasteiger partial charge in [-0.25, -0.2) is 13.1 Å². The zero-order valence-electron chi connectivity index (χ0n) is 17.7. The summed E-state index contributed by atoms with van der Waals surface area (Å²) in [5.74, 6) is 0.932. The van der Waals surface area contributed by atoms with Crippen LogP contribution < -0.4 is 4.72 Å². The van der Waals surface area contributed by atoms with Gasteiger partial charge >= 0.3 is 0 Å². The summed E-state index contributed by atoms with van der Waals surface area (Å²) in [7, 11) is -3.53. The first-order valence-electron chi connectivity index (χ1n) is 10.8. The minimum absolute atomic E-state index is 0.105. The van der Waals surface area contributed by atoms with Crippen LogP contribution in [0.25, 0.3) is 0 Å². The van der Waals surface area contributed by atoms with Crippen LogP contribution >= 0.6 is 11.3 Å². The van der Waals surface area contributed by atoms with Crippen LogP contribution in [0.15, 0.2) is 35.2 Å². The number of piperidine rings is 1. The SMILES string of the molecule is Cc1ccc(S(=O)(=O)NCC2CCCN(C(=O)c3cc4c(s3)CCC(C)C4)C2)cc1. The number of amides is 1. The van der Waals surface area contributed by atoms with E-state index in [1.807, 2.05) is 11.8 Å². The number of hydrogen-bond acceptors (Lipinski definition) is 4. The molecule has 1 N–H and O–H groups in total. The maximum atomic E-state index is 13.1. The summed E-state index contributed by atoms with van der Waals surface area (Å²) in [5, 5.41) is 0. The number of thiophene rings is 1. The summed E-state index contributed by atoms with van der Waals surface area (Å²) in [4.78, 5) is 17.5. The van der Waals surface area contributed by atoms with E-state index in [0.29, 0.717) is 19.0 Å². The number of likely N-dealkylation sites (tertiary alicyclic amines) is 1. The number of nitrogens with zero attached hydrogens (tertiary/aromatic N) is 1. The number of hydrogen-bond donors (Lipinski definition) is 1. The number of sulfonamides is 1. The molecule has 1 amide bonds. The fraction of sp³-hybridized carbons (Fsp3) is 0.522. The summed E-state index contributed by atoms with van der Waals surface area (Å²) in [6, 6.07) is 8.97. The summed E-state index contributed by atoms with van der Waals surface area (Å²) >= 11 is 1.65. The number of benzene rings is 1. The Balaban J connectivity index is 1.37. The highest BCUT2D eigenvalue weighted by molar-refractivity contribution is 7.89. The van der Waals surface area contributed by atoms with Crippen LogP contribution in [0.5, 0.6) is 0 Å². The molecule has 1 aliphatic carbocycles. The zero-order valence-corrected chi connectivity index (χ0v) is 19.3. The van der Waals surface area contributed by atoms with Gasteiger partial charge in [0.05, 0.1) is 9.77 Å². The van der Waals surface area contributed by atoms with Crippen LogP contribution in [-0.4, -0.2) is 38.9 Å². The lowest BCUT2D eigenvalue weighted by atomic mass is 9.90. The van der Waals surface area contributed by atoms with Crippen molar-refractivity contribution in [3.8, 4) is 0 Å². The van der Waals surface area contributed by atoms with E-state index in [1.54, 1.807) is 35.6 Å². The lowest BCUT2D eigenvalue weighted by Crippen LogP contribution is -2.43. The van der Waals surface area contributed by atoms with Crippen LogP contribution in [0.3, 0.4) is 0 Å². The van der Waals surface area contributed by atoms with Gasteiger partial charge in [0.25, 0.3) is 5.91 Å². The molecule has 0 bridgehead atoms. The molecule has 1 fully saturated rings. The Bertz CT molecular complexity index is 1010. The zero-order chi connectivity index (χ0) is 21.3. The number of carbonyl (C=O) groups excluding carboxylic acids is 1. The molecule has 1 aliphatic heterocycles. The highest BCUT2D eigenvalue weighted by Gasteiger charge is 2.28. The van der Waals surface area contributed by atoms with E-state index in [9.17, 15) is 13.2 Å². The van der Waals surface area contributed by atoms with Gasteiger partial charge in [0.1, 0.15) is 0 Å². The normalized spacial score (nSPS) is 22.0. The second-order valence-corrected chi connectivity index (χ2v) is 11.7. The molecule has 1 aromatic carbocycles. The third-order valence-corrected chi connectivity index (χ3v) is 8.90. The fourth-order valence-corrected chi connectivity index (χ4v) is 6.70. The number of aryl methyl sites for hydroxylation is 2. The highest BCUT2D eigenvalue weighted by Crippen LogP contribution is 2.33. The smallest absolute Gasteiger partial charge is 0.263 e. The quantitative estimate of drug-likeness (QED) is 0.755. The predicted molar refractivity (Wildman–Crippen MR) is 121 cm³/mol. The molecular weight excluding hydrogens is 416 g/mol. The van der Waals surface area contributed by atoms with E-state index in [-0.39, 0.29) is 16.7 Å². The van der Waals surface area contributed by atoms with Crippen molar-refractivity contribution >= 4 is 27.3 Å². The second-order valence-electron chi connectivity index (χ2n) is 8.83. The summed E-state index contributed by atoms with van der Waals surface area (Å²) in [6.07, 6.45) is 5.19. The van der Waals surface area contributed by atoms with Crippen LogP contribution in [0, 0.1) is 18.8 Å². The first-order valence-corrected chi connectivity index (χ1v) is 13.1. The number of nitrogens with one attached hydrogen (secondary N) is 1. The molecule has 30 heavy (non-hydrogen) atoms. The minimum Gasteiger partial charge on any atom is -0.338 e. The maximum absolute atomic E-state index is 13.1. The first-order chi connectivity index (χ1) is 14.3. The Morgan fingerprint density at radius 2 is 2.00 bits per heavy atom. The molecule has 0 spiro atoms. The molecule has 2 atom stereocenters. The Hall–Kier alpha value is -1.70. The average Bonchev–Trinajstić information content (AvgIpc) is 3.15. The Morgan fingerprint density at radius 1 is 1.23 bits per heavy atom. The standard InChI is InChI=1S/C23H30N2O3S2/c1-16-5-8-20(9-6-16)30(27,28)24-14-18-4-3-11-25(15-18)23(26)22-13-19-12-17(2)7-10-21(19)29-22/h5-6,8-9,13,17-18,24H,3-4,7,10-12,14-15H2,1-2H3. The molecule has 0 radical (unpaired) electrons. The van der Waals surface area contributed by atoms with Crippen molar-refractivity contribution in [2.24, 2.45) is 11.8 Å². The van der Waals surface area contributed by atoms with E-state index in [1.165, 1.54) is 16.9 Å². The van der Waals surface area contributed by atoms with Crippen LogP contribution in [0.4, 0.5) is 0 Å². The Labute approximate surface area is 183 Å². The second kappa shape index (κ2) is 8.81. The van der Waals surface area contributed by atoms with Crippen molar-refractivity contribution in [2.75, 3.05) is 19.6 Å². The van der Waals surface area contributed by atoms with E-state index >= 15 is 0 Å². The molecule has 7 heteroatoms. The van der Waals surface area contributed by atoms with Gasteiger partial charge in [0.15, 0.2) is 0 Å². The molecule has 2 heterocycles. The van der Waals surface area contributed by atoms with Crippen LogP contribution in [-0.2, 0) is 22.9 Å². The lowest BCUT2D eigenvalue weighted by molar-refractivity contribution is 0.0681. The maximum Gasteiger partial charge on any atom is 0.263 e. The molecule has 2 aromatic rings. The third kappa shape index (κ3) is 4.79. The van der Waals surface area contributed by atoms with Crippen molar-refractivity contribution in [1.82, 2.24) is 9.62 Å². The number of fused-ring (bicyclic) bond motifs is 1. The van der Waals surface area contributed by atoms with Crippen LogP contribution in [0.2, 0.25) is 0 Å². The topological polar surface area (TPSA) is 66.5 Å². The predicted octanol–water partition coefficient (Wildman–Crippen LogP) is 4.01. The molecule has 2 aliphatic rings. The van der Waals surface area contributed by atoms with Crippen molar-refractivity contribution in [2.45, 2.75) is 50.8 Å². The monoisotopic (exact) mass is 446 g/mol. The minimum atomic E-state index is -3.53. The number of rotatable bonds is 5. The van der Waals surface area contributed by atoms with Gasteiger partial charge in [-0.15, -0.1) is 11.3 Å². The molecule has 162 valence electrons. The summed E-state index contributed by atoms with van der Waals surface area (Å²) in [5.41, 5.74) is 2.38. The van der Waals surface area contributed by atoms with Crippen molar-refractivity contribution < 1.29 is 13.2 Å². The Kier molecular flexibility index (Phi) is 6.32. The van der Waals surface area contributed by atoms with E-state index < -0.39 is 10.0 Å². The molecule has 4 rings (SSSR count). The summed E-state index contributed by atoms with van der Waals surface area (Å²) < 4.78 is 27.9. The van der Waals surface area contributed by atoms with Crippen molar-refractivity contribution in [3.05, 3.63) is 51.2 Å². The van der Waals surface area contributed by atoms with Gasteiger partial charge < -0.3 is 4.90 Å². The lowest BCUT2D eigenvalue weighted by Gasteiger charge is -2.32. The summed E-state index contributed by atoms with van der Waals surface area (Å²) in [6.45, 7) is 5.92. The molecular formula is C23H30N2O3S2. The van der Waals surface area contributed by atoms with Gasteiger partial charge in [-0.2, -0.15) is 0 Å². The van der Waals surface area contributed by atoms with E-state index in [4.69, 9.17) is 0 Å². The Morgan fingerprint density at radius 3 is 2.77 bits per heavy atom. The largest absolute Gasteiger partial charge is 0.338 e. The third-order valence-electron chi connectivity index (χ3n) is 6.24. The van der Waals surface area contributed by atoms with E-state index in [2.05, 4.69) is 17.7 Å². The molecule has 2 unspecified atom stereocenters. The van der Waals surface area contributed by atoms with Gasteiger partial charge in [-0.05, 0) is 74.6 Å². The van der Waals surface area contributed by atoms with Gasteiger partial charge in [-0.3, -0.25) is 4.79 Å². The van der Waals surface area contributed by atoms with Crippen LogP contribution in [0.1, 0.15) is 51.9 Å². The highest BCUT2D eigenvalue weighted by atomic mass is 32.2. The van der Waals surface area contributed by atoms with Crippen molar-refractivity contribution in [1.29, 1.82) is 0 Å². The molecule has 1 saturated heterocycles. The molecule has 5 nitrogen and oxygen atoms in total. The van der Waals surface area contributed by atoms with Gasteiger partial charge in [0, 0.05) is 24.5 Å². The molecule has 0 saturated carbocycles. The average molecular weight is 447 g/mol. The van der Waals surface area contributed by atoms with Gasteiger partial charge in [0.2, 0.25) is 10.0 Å². The van der Waals surface area contributed by atoms with E-state index in [0.717, 1.165) is 42.7 Å². The van der Waals surface area contributed by atoms with Gasteiger partial charge in [-0.1, -0.05) is 24.6 Å².